The molecule has 86 valence electrons. The van der Waals surface area contributed by atoms with Gasteiger partial charge in [-0.15, -0.1) is 0 Å². The summed E-state index contributed by atoms with van der Waals surface area (Å²) >= 11 is 0. The van der Waals surface area contributed by atoms with Crippen molar-refractivity contribution in [2.45, 2.75) is 64.8 Å². The zero-order valence-corrected chi connectivity index (χ0v) is 10.2. The van der Waals surface area contributed by atoms with Crippen LogP contribution in [0.15, 0.2) is 4.99 Å². The van der Waals surface area contributed by atoms with E-state index in [0.717, 1.165) is 6.54 Å². The summed E-state index contributed by atoms with van der Waals surface area (Å²) in [6.45, 7) is 5.82. The monoisotopic (exact) mass is 208 g/mol. The number of hydrogen-bond donors (Lipinski definition) is 1. The molecule has 1 N–H and O–H groups in total. The molecule has 1 saturated carbocycles. The van der Waals surface area contributed by atoms with E-state index in [-0.39, 0.29) is 0 Å². The van der Waals surface area contributed by atoms with Crippen molar-refractivity contribution >= 4 is 5.84 Å². The molecule has 2 rings (SSSR count). The van der Waals surface area contributed by atoms with Gasteiger partial charge in [-0.1, -0.05) is 20.3 Å². The van der Waals surface area contributed by atoms with Crippen LogP contribution in [0.4, 0.5) is 0 Å². The molecular weight excluding hydrogens is 184 g/mol. The second-order valence-corrected chi connectivity index (χ2v) is 5.89. The molecular formula is C13H24N2. The number of aliphatic imine (C=N–C) groups is 1. The van der Waals surface area contributed by atoms with Crippen LogP contribution >= 0.6 is 0 Å². The quantitative estimate of drug-likeness (QED) is 0.703. The Morgan fingerprint density at radius 2 is 2.13 bits per heavy atom. The van der Waals surface area contributed by atoms with Crippen molar-refractivity contribution in [3.8, 4) is 0 Å². The first-order valence-corrected chi connectivity index (χ1v) is 6.46. The number of rotatable bonds is 1. The van der Waals surface area contributed by atoms with Gasteiger partial charge in [0.1, 0.15) is 0 Å². The summed E-state index contributed by atoms with van der Waals surface area (Å²) in [5, 5.41) is 3.66. The van der Waals surface area contributed by atoms with Gasteiger partial charge in [-0.05, 0) is 37.5 Å². The Labute approximate surface area is 93.6 Å². The summed E-state index contributed by atoms with van der Waals surface area (Å²) in [7, 11) is 0. The molecule has 0 saturated heterocycles. The maximum absolute atomic E-state index is 4.58. The number of nitrogens with one attached hydrogen (secondary N) is 1. The molecule has 0 radical (unpaired) electrons. The van der Waals surface area contributed by atoms with E-state index < -0.39 is 0 Å². The number of hydrogen-bond acceptors (Lipinski definition) is 2. The van der Waals surface area contributed by atoms with Crippen LogP contribution in [0.2, 0.25) is 0 Å². The molecule has 0 amide bonds. The fraction of sp³-hybridized carbons (Fsp3) is 0.923. The minimum Gasteiger partial charge on any atom is -0.371 e. The van der Waals surface area contributed by atoms with Crippen LogP contribution in [0.25, 0.3) is 0 Å². The highest BCUT2D eigenvalue weighted by molar-refractivity contribution is 5.82. The molecule has 1 aliphatic carbocycles. The standard InChI is InChI=1S/C13H24N2/c1-13(2)8-5-6-11(10-13)15-12-7-3-4-9-14-12/h11H,3-10H2,1-2H3,(H,14,15). The van der Waals surface area contributed by atoms with E-state index >= 15 is 0 Å². The van der Waals surface area contributed by atoms with E-state index in [4.69, 9.17) is 0 Å². The minimum atomic E-state index is 0.533. The third-order valence-electron chi connectivity index (χ3n) is 3.70. The highest BCUT2D eigenvalue weighted by Gasteiger charge is 2.28. The summed E-state index contributed by atoms with van der Waals surface area (Å²) in [6.07, 6.45) is 9.18. The van der Waals surface area contributed by atoms with Crippen molar-refractivity contribution in [3.63, 3.8) is 0 Å². The molecule has 0 aromatic heterocycles. The summed E-state index contributed by atoms with van der Waals surface area (Å²) in [6, 6.07) is 0.686. The summed E-state index contributed by atoms with van der Waals surface area (Å²) in [5.74, 6) is 1.28. The Morgan fingerprint density at radius 3 is 2.80 bits per heavy atom. The summed E-state index contributed by atoms with van der Waals surface area (Å²) < 4.78 is 0. The third-order valence-corrected chi connectivity index (χ3v) is 3.70. The Bertz CT molecular complexity index is 243. The van der Waals surface area contributed by atoms with E-state index in [1.165, 1.54) is 50.8 Å². The molecule has 1 fully saturated rings. The SMILES string of the molecule is CC1(C)CCCC(NC2=NCCCC2)C1. The molecule has 0 spiro atoms. The van der Waals surface area contributed by atoms with Crippen molar-refractivity contribution < 1.29 is 0 Å². The predicted octanol–water partition coefficient (Wildman–Crippen LogP) is 3.13. The first-order chi connectivity index (χ1) is 7.16. The highest BCUT2D eigenvalue weighted by atomic mass is 15.0. The van der Waals surface area contributed by atoms with Crippen LogP contribution < -0.4 is 5.32 Å². The summed E-state index contributed by atoms with van der Waals surface area (Å²) in [5.41, 5.74) is 0.533. The zero-order valence-electron chi connectivity index (χ0n) is 10.2. The van der Waals surface area contributed by atoms with E-state index in [1.54, 1.807) is 0 Å². The number of nitrogens with zero attached hydrogens (tertiary/aromatic N) is 1. The second kappa shape index (κ2) is 4.54. The molecule has 1 heterocycles. The fourth-order valence-electron chi connectivity index (χ4n) is 2.87. The Kier molecular flexibility index (Phi) is 3.32. The molecule has 2 aliphatic rings. The van der Waals surface area contributed by atoms with Gasteiger partial charge in [0.25, 0.3) is 0 Å². The fourth-order valence-corrected chi connectivity index (χ4v) is 2.87. The van der Waals surface area contributed by atoms with Crippen LogP contribution in [0.3, 0.4) is 0 Å². The molecule has 0 bridgehead atoms. The predicted molar refractivity (Wildman–Crippen MR) is 65.3 cm³/mol. The van der Waals surface area contributed by atoms with Gasteiger partial charge in [0.2, 0.25) is 0 Å². The Morgan fingerprint density at radius 1 is 1.27 bits per heavy atom. The molecule has 1 atom stereocenters. The molecule has 2 heteroatoms. The average Bonchev–Trinajstić information content (AvgIpc) is 2.17. The van der Waals surface area contributed by atoms with Crippen LogP contribution in [0.1, 0.15) is 58.8 Å². The lowest BCUT2D eigenvalue weighted by Gasteiger charge is -2.36. The Hall–Kier alpha value is -0.530. The Balaban J connectivity index is 1.86. The van der Waals surface area contributed by atoms with Crippen LogP contribution in [0, 0.1) is 5.41 Å². The van der Waals surface area contributed by atoms with Gasteiger partial charge in [0.05, 0.1) is 5.84 Å². The van der Waals surface area contributed by atoms with Crippen molar-refractivity contribution in [2.24, 2.45) is 10.4 Å². The normalized spacial score (nSPS) is 30.8. The molecule has 0 aromatic carbocycles. The zero-order chi connectivity index (χ0) is 10.7. The maximum atomic E-state index is 4.58. The van der Waals surface area contributed by atoms with Crippen molar-refractivity contribution in [3.05, 3.63) is 0 Å². The van der Waals surface area contributed by atoms with Crippen molar-refractivity contribution in [1.29, 1.82) is 0 Å². The molecule has 0 aromatic rings. The van der Waals surface area contributed by atoms with Gasteiger partial charge in [0.15, 0.2) is 0 Å². The lowest BCUT2D eigenvalue weighted by Crippen LogP contribution is -2.41. The third kappa shape index (κ3) is 3.22. The minimum absolute atomic E-state index is 0.533. The van der Waals surface area contributed by atoms with Crippen LogP contribution in [0.5, 0.6) is 0 Å². The maximum Gasteiger partial charge on any atom is 0.0965 e. The van der Waals surface area contributed by atoms with E-state index in [0.29, 0.717) is 11.5 Å². The van der Waals surface area contributed by atoms with E-state index in [9.17, 15) is 0 Å². The van der Waals surface area contributed by atoms with Crippen LogP contribution in [-0.2, 0) is 0 Å². The van der Waals surface area contributed by atoms with Gasteiger partial charge < -0.3 is 5.32 Å². The van der Waals surface area contributed by atoms with Gasteiger partial charge in [0, 0.05) is 19.0 Å². The van der Waals surface area contributed by atoms with Crippen molar-refractivity contribution in [1.82, 2.24) is 5.32 Å². The smallest absolute Gasteiger partial charge is 0.0965 e. The average molecular weight is 208 g/mol. The van der Waals surface area contributed by atoms with Crippen molar-refractivity contribution in [2.75, 3.05) is 6.54 Å². The summed E-state index contributed by atoms with van der Waals surface area (Å²) in [4.78, 5) is 4.58. The van der Waals surface area contributed by atoms with Gasteiger partial charge in [-0.25, -0.2) is 0 Å². The van der Waals surface area contributed by atoms with Gasteiger partial charge >= 0.3 is 0 Å². The lowest BCUT2D eigenvalue weighted by molar-refractivity contribution is 0.210. The lowest BCUT2D eigenvalue weighted by atomic mass is 9.75. The molecule has 15 heavy (non-hydrogen) atoms. The van der Waals surface area contributed by atoms with Crippen LogP contribution in [-0.4, -0.2) is 18.4 Å². The van der Waals surface area contributed by atoms with E-state index in [2.05, 4.69) is 24.2 Å². The topological polar surface area (TPSA) is 24.4 Å². The van der Waals surface area contributed by atoms with Gasteiger partial charge in [-0.3, -0.25) is 4.99 Å². The highest BCUT2D eigenvalue weighted by Crippen LogP contribution is 2.35. The van der Waals surface area contributed by atoms with E-state index in [1.807, 2.05) is 0 Å². The largest absolute Gasteiger partial charge is 0.371 e. The first kappa shape index (κ1) is 11.0. The molecule has 1 unspecified atom stereocenters. The van der Waals surface area contributed by atoms with Gasteiger partial charge in [-0.2, -0.15) is 0 Å². The molecule has 2 nitrogen and oxygen atoms in total. The number of amidine groups is 1. The second-order valence-electron chi connectivity index (χ2n) is 5.89. The first-order valence-electron chi connectivity index (χ1n) is 6.46. The molecule has 1 aliphatic heterocycles.